The van der Waals surface area contributed by atoms with Gasteiger partial charge in [0, 0.05) is 38.5 Å². The molecule has 2 aromatic rings. The molecule has 0 amide bonds. The van der Waals surface area contributed by atoms with Crippen LogP contribution in [-0.2, 0) is 10.0 Å². The van der Waals surface area contributed by atoms with Gasteiger partial charge in [-0.15, -0.1) is 11.6 Å². The van der Waals surface area contributed by atoms with Gasteiger partial charge in [0.1, 0.15) is 5.82 Å². The lowest BCUT2D eigenvalue weighted by Crippen LogP contribution is -2.33. The molecule has 0 bridgehead atoms. The Hall–Kier alpha value is -1.64. The maximum absolute atomic E-state index is 11.9. The summed E-state index contributed by atoms with van der Waals surface area (Å²) in [5, 5.41) is 4.47. The third kappa shape index (κ3) is 6.43. The monoisotopic (exact) mass is 453 g/mol. The minimum absolute atomic E-state index is 0.108. The number of hydrogen-bond acceptors (Lipinski definition) is 6. The van der Waals surface area contributed by atoms with Gasteiger partial charge in [0.25, 0.3) is 0 Å². The van der Waals surface area contributed by atoms with E-state index in [0.717, 1.165) is 48.9 Å². The van der Waals surface area contributed by atoms with E-state index in [4.69, 9.17) is 16.6 Å². The summed E-state index contributed by atoms with van der Waals surface area (Å²) in [5.74, 6) is 3.00. The van der Waals surface area contributed by atoms with Crippen molar-refractivity contribution >= 4 is 44.3 Å². The van der Waals surface area contributed by atoms with E-state index in [1.807, 2.05) is 43.3 Å². The summed E-state index contributed by atoms with van der Waals surface area (Å²) in [6.07, 6.45) is 4.71. The van der Waals surface area contributed by atoms with Crippen LogP contribution >= 0.6 is 11.6 Å². The van der Waals surface area contributed by atoms with Crippen LogP contribution in [0.2, 0.25) is 0 Å². The number of para-hydroxylation sites is 1. The van der Waals surface area contributed by atoms with Crippen LogP contribution in [0.4, 0.5) is 11.8 Å². The summed E-state index contributed by atoms with van der Waals surface area (Å²) >= 11 is 5.59. The Labute approximate surface area is 184 Å². The molecule has 7 nitrogen and oxygen atoms in total. The molecule has 0 saturated heterocycles. The molecule has 30 heavy (non-hydrogen) atoms. The topological polar surface area (TPSA) is 87.2 Å². The van der Waals surface area contributed by atoms with Gasteiger partial charge in [-0.05, 0) is 56.1 Å². The molecule has 9 heteroatoms. The molecule has 0 aliphatic heterocycles. The number of fused-ring (bicyclic) bond motifs is 1. The lowest BCUT2D eigenvalue weighted by atomic mass is 9.82. The number of rotatable bonds is 10. The molecule has 1 aromatic heterocycles. The number of halogens is 1. The fraction of sp³-hybridized carbons (Fsp3) is 0.619. The summed E-state index contributed by atoms with van der Waals surface area (Å²) in [4.78, 5) is 11.4. The van der Waals surface area contributed by atoms with Gasteiger partial charge in [-0.3, -0.25) is 0 Å². The maximum Gasteiger partial charge on any atom is 0.225 e. The molecular weight excluding hydrogens is 422 g/mol. The van der Waals surface area contributed by atoms with Crippen molar-refractivity contribution in [2.24, 2.45) is 11.8 Å². The van der Waals surface area contributed by atoms with Gasteiger partial charge in [-0.25, -0.2) is 18.1 Å². The van der Waals surface area contributed by atoms with Crippen LogP contribution in [0.15, 0.2) is 24.3 Å². The first-order valence-electron chi connectivity index (χ1n) is 10.6. The molecule has 1 aliphatic rings. The highest BCUT2D eigenvalue weighted by Crippen LogP contribution is 2.29. The second kappa shape index (κ2) is 10.6. The van der Waals surface area contributed by atoms with Gasteiger partial charge >= 0.3 is 0 Å². The van der Waals surface area contributed by atoms with Gasteiger partial charge in [-0.2, -0.15) is 4.98 Å². The molecule has 1 aromatic carbocycles. The normalized spacial score (nSPS) is 19.7. The Morgan fingerprint density at radius 2 is 1.73 bits per heavy atom. The van der Waals surface area contributed by atoms with Crippen LogP contribution in [0.5, 0.6) is 0 Å². The minimum Gasteiger partial charge on any atom is -0.362 e. The highest BCUT2D eigenvalue weighted by molar-refractivity contribution is 7.89. The second-order valence-corrected chi connectivity index (χ2v) is 10.6. The van der Waals surface area contributed by atoms with Crippen molar-refractivity contribution in [2.45, 2.75) is 32.1 Å². The average Bonchev–Trinajstić information content (AvgIpc) is 2.75. The van der Waals surface area contributed by atoms with Gasteiger partial charge in [0.2, 0.25) is 16.0 Å². The van der Waals surface area contributed by atoms with Crippen molar-refractivity contribution in [1.82, 2.24) is 14.7 Å². The fourth-order valence-corrected chi connectivity index (χ4v) is 5.37. The van der Waals surface area contributed by atoms with Gasteiger partial charge in [0.15, 0.2) is 0 Å². The molecule has 0 atom stereocenters. The second-order valence-electron chi connectivity index (χ2n) is 8.26. The molecule has 2 N–H and O–H groups in total. The summed E-state index contributed by atoms with van der Waals surface area (Å²) < 4.78 is 26.6. The van der Waals surface area contributed by atoms with Crippen molar-refractivity contribution in [3.8, 4) is 0 Å². The first-order chi connectivity index (χ1) is 14.4. The van der Waals surface area contributed by atoms with E-state index in [9.17, 15) is 8.42 Å². The number of nitrogens with zero attached hydrogens (tertiary/aromatic N) is 3. The summed E-state index contributed by atoms with van der Waals surface area (Å²) in [5.41, 5.74) is 0.934. The van der Waals surface area contributed by atoms with Crippen LogP contribution in [0.1, 0.15) is 32.1 Å². The fourth-order valence-electron chi connectivity index (χ4n) is 3.92. The lowest BCUT2D eigenvalue weighted by molar-refractivity contribution is 0.284. The van der Waals surface area contributed by atoms with E-state index >= 15 is 0 Å². The molecule has 1 saturated carbocycles. The quantitative estimate of drug-likeness (QED) is 0.535. The molecule has 166 valence electrons. The highest BCUT2D eigenvalue weighted by atomic mass is 35.5. The zero-order valence-corrected chi connectivity index (χ0v) is 19.3. The first kappa shape index (κ1) is 23.0. The summed E-state index contributed by atoms with van der Waals surface area (Å²) in [6.45, 7) is 1.37. The molecule has 0 radical (unpaired) electrons. The standard InChI is InChI=1S/C21H32ClN5O2S/c1-27(2)20-18-6-3-4-7-19(18)25-21(26-20)23-14-16-8-10-17(11-9-16)15-24-30(28,29)13-5-12-22/h3-4,6-7,16-17,24H,5,8-15H2,1-2H3,(H,23,25,26)/t16-,17-. The van der Waals surface area contributed by atoms with E-state index < -0.39 is 10.0 Å². The smallest absolute Gasteiger partial charge is 0.225 e. The molecule has 1 aliphatic carbocycles. The summed E-state index contributed by atoms with van der Waals surface area (Å²) in [7, 11) is 0.780. The third-order valence-corrected chi connectivity index (χ3v) is 7.36. The zero-order valence-electron chi connectivity index (χ0n) is 17.8. The van der Waals surface area contributed by atoms with E-state index in [2.05, 4.69) is 15.0 Å². The van der Waals surface area contributed by atoms with Crippen LogP contribution in [0.25, 0.3) is 10.9 Å². The molecule has 0 unspecified atom stereocenters. The Balaban J connectivity index is 1.49. The number of anilines is 2. The van der Waals surface area contributed by atoms with Gasteiger partial charge in [0.05, 0.1) is 11.3 Å². The van der Waals surface area contributed by atoms with Gasteiger partial charge < -0.3 is 10.2 Å². The Bertz CT molecular complexity index is 930. The van der Waals surface area contributed by atoms with E-state index in [1.165, 1.54) is 0 Å². The average molecular weight is 454 g/mol. The van der Waals surface area contributed by atoms with Crippen LogP contribution < -0.4 is 14.9 Å². The molecule has 1 heterocycles. The molecule has 0 spiro atoms. The Kier molecular flexibility index (Phi) is 8.13. The summed E-state index contributed by atoms with van der Waals surface area (Å²) in [6, 6.07) is 8.04. The number of sulfonamides is 1. The van der Waals surface area contributed by atoms with Crippen molar-refractivity contribution in [3.63, 3.8) is 0 Å². The van der Waals surface area contributed by atoms with Gasteiger partial charge in [-0.1, -0.05) is 12.1 Å². The Morgan fingerprint density at radius 3 is 2.40 bits per heavy atom. The third-order valence-electron chi connectivity index (χ3n) is 5.66. The largest absolute Gasteiger partial charge is 0.362 e. The maximum atomic E-state index is 11.9. The predicted octanol–water partition coefficient (Wildman–Crippen LogP) is 3.46. The molecule has 1 fully saturated rings. The highest BCUT2D eigenvalue weighted by Gasteiger charge is 2.23. The van der Waals surface area contributed by atoms with Crippen molar-refractivity contribution in [2.75, 3.05) is 49.0 Å². The number of aromatic nitrogens is 2. The van der Waals surface area contributed by atoms with Crippen LogP contribution in [0.3, 0.4) is 0 Å². The number of hydrogen-bond donors (Lipinski definition) is 2. The van der Waals surface area contributed by atoms with E-state index in [0.29, 0.717) is 36.6 Å². The lowest BCUT2D eigenvalue weighted by Gasteiger charge is -2.28. The Morgan fingerprint density at radius 1 is 1.07 bits per heavy atom. The minimum atomic E-state index is -3.20. The van der Waals surface area contributed by atoms with E-state index in [-0.39, 0.29) is 5.75 Å². The molecular formula is C21H32ClN5O2S. The number of nitrogens with one attached hydrogen (secondary N) is 2. The van der Waals surface area contributed by atoms with Crippen molar-refractivity contribution < 1.29 is 8.42 Å². The molecule has 3 rings (SSSR count). The zero-order chi connectivity index (χ0) is 21.6. The van der Waals surface area contributed by atoms with Crippen LogP contribution in [-0.4, -0.2) is 57.2 Å². The predicted molar refractivity (Wildman–Crippen MR) is 125 cm³/mol. The number of alkyl halides is 1. The first-order valence-corrected chi connectivity index (χ1v) is 12.8. The van der Waals surface area contributed by atoms with E-state index in [1.54, 1.807) is 0 Å². The van der Waals surface area contributed by atoms with Crippen molar-refractivity contribution in [1.29, 1.82) is 0 Å². The SMILES string of the molecule is CN(C)c1nc(NC[C@H]2CC[C@H](CNS(=O)(=O)CCCCl)CC2)nc2ccccc12. The van der Waals surface area contributed by atoms with Crippen LogP contribution in [0, 0.1) is 11.8 Å². The number of benzene rings is 1. The van der Waals surface area contributed by atoms with Crippen molar-refractivity contribution in [3.05, 3.63) is 24.3 Å².